The van der Waals surface area contributed by atoms with Gasteiger partial charge in [0.2, 0.25) is 0 Å². The molecule has 2 unspecified atom stereocenters. The molecule has 0 saturated heterocycles. The molecule has 0 heterocycles. The van der Waals surface area contributed by atoms with E-state index in [2.05, 4.69) is 45.0 Å². The molecule has 0 radical (unpaired) electrons. The van der Waals surface area contributed by atoms with E-state index in [1.165, 1.54) is 43.2 Å². The van der Waals surface area contributed by atoms with Crippen LogP contribution in [0.3, 0.4) is 0 Å². The van der Waals surface area contributed by atoms with Crippen LogP contribution >= 0.6 is 0 Å². The average Bonchev–Trinajstić information content (AvgIpc) is 2.52. The van der Waals surface area contributed by atoms with Crippen molar-refractivity contribution in [1.82, 2.24) is 0 Å². The predicted molar refractivity (Wildman–Crippen MR) is 83.4 cm³/mol. The Balaban J connectivity index is 2.02. The van der Waals surface area contributed by atoms with Gasteiger partial charge in [-0.1, -0.05) is 57.9 Å². The molecule has 0 bridgehead atoms. The van der Waals surface area contributed by atoms with Gasteiger partial charge >= 0.3 is 0 Å². The SMILES string of the molecule is CC1CCCC(N)(Cc2ccc(C(C)C)cc2)CC1. The molecule has 1 saturated carbocycles. The molecule has 19 heavy (non-hydrogen) atoms. The van der Waals surface area contributed by atoms with Crippen LogP contribution in [0.4, 0.5) is 0 Å². The monoisotopic (exact) mass is 259 g/mol. The molecule has 2 rings (SSSR count). The van der Waals surface area contributed by atoms with Crippen molar-refractivity contribution < 1.29 is 0 Å². The zero-order valence-corrected chi connectivity index (χ0v) is 12.8. The minimum Gasteiger partial charge on any atom is -0.325 e. The Morgan fingerprint density at radius 1 is 1.16 bits per heavy atom. The second-order valence-electron chi connectivity index (χ2n) is 6.97. The van der Waals surface area contributed by atoms with Crippen LogP contribution in [-0.2, 0) is 6.42 Å². The Labute approximate surface area is 118 Å². The second-order valence-corrected chi connectivity index (χ2v) is 6.97. The van der Waals surface area contributed by atoms with Crippen molar-refractivity contribution in [2.75, 3.05) is 0 Å². The van der Waals surface area contributed by atoms with Gasteiger partial charge in [-0.3, -0.25) is 0 Å². The summed E-state index contributed by atoms with van der Waals surface area (Å²) in [6.07, 6.45) is 7.34. The molecule has 0 aromatic heterocycles. The quantitative estimate of drug-likeness (QED) is 0.786. The van der Waals surface area contributed by atoms with Gasteiger partial charge in [0.05, 0.1) is 0 Å². The topological polar surface area (TPSA) is 26.0 Å². The van der Waals surface area contributed by atoms with Crippen LogP contribution in [0.25, 0.3) is 0 Å². The molecule has 0 aliphatic heterocycles. The zero-order valence-electron chi connectivity index (χ0n) is 12.8. The van der Waals surface area contributed by atoms with Gasteiger partial charge < -0.3 is 5.73 Å². The largest absolute Gasteiger partial charge is 0.325 e. The molecule has 1 aromatic rings. The Bertz CT molecular complexity index is 393. The van der Waals surface area contributed by atoms with Gasteiger partial charge in [-0.15, -0.1) is 0 Å². The number of nitrogens with two attached hydrogens (primary N) is 1. The van der Waals surface area contributed by atoms with Crippen LogP contribution in [0, 0.1) is 5.92 Å². The van der Waals surface area contributed by atoms with E-state index >= 15 is 0 Å². The maximum absolute atomic E-state index is 6.65. The summed E-state index contributed by atoms with van der Waals surface area (Å²) in [6, 6.07) is 9.09. The fourth-order valence-corrected chi connectivity index (χ4v) is 3.21. The maximum atomic E-state index is 6.65. The van der Waals surface area contributed by atoms with Crippen molar-refractivity contribution in [3.63, 3.8) is 0 Å². The minimum atomic E-state index is 0.0319. The van der Waals surface area contributed by atoms with Gasteiger partial charge in [0.25, 0.3) is 0 Å². The van der Waals surface area contributed by atoms with E-state index in [-0.39, 0.29) is 5.54 Å². The highest BCUT2D eigenvalue weighted by Gasteiger charge is 2.28. The fourth-order valence-electron chi connectivity index (χ4n) is 3.21. The van der Waals surface area contributed by atoms with Crippen LogP contribution in [0.5, 0.6) is 0 Å². The molecule has 1 aliphatic carbocycles. The molecule has 106 valence electrons. The standard InChI is InChI=1S/C18H29N/c1-14(2)17-8-6-16(7-9-17)13-18(19)11-4-5-15(3)10-12-18/h6-9,14-15H,4-5,10-13,19H2,1-3H3. The summed E-state index contributed by atoms with van der Waals surface area (Å²) in [5, 5.41) is 0. The van der Waals surface area contributed by atoms with Crippen molar-refractivity contribution in [2.45, 2.75) is 70.8 Å². The number of hydrogen-bond acceptors (Lipinski definition) is 1. The smallest absolute Gasteiger partial charge is 0.0195 e. The van der Waals surface area contributed by atoms with E-state index in [0.29, 0.717) is 5.92 Å². The zero-order chi connectivity index (χ0) is 13.9. The summed E-state index contributed by atoms with van der Waals surface area (Å²) in [4.78, 5) is 0. The Morgan fingerprint density at radius 3 is 2.47 bits per heavy atom. The van der Waals surface area contributed by atoms with E-state index < -0.39 is 0 Å². The normalized spacial score (nSPS) is 28.4. The van der Waals surface area contributed by atoms with Gasteiger partial charge in [-0.25, -0.2) is 0 Å². The van der Waals surface area contributed by atoms with Crippen molar-refractivity contribution in [1.29, 1.82) is 0 Å². The van der Waals surface area contributed by atoms with Gasteiger partial charge in [-0.2, -0.15) is 0 Å². The lowest BCUT2D eigenvalue weighted by atomic mass is 9.84. The number of rotatable bonds is 3. The van der Waals surface area contributed by atoms with Crippen LogP contribution < -0.4 is 5.73 Å². The first-order chi connectivity index (χ1) is 8.98. The van der Waals surface area contributed by atoms with E-state index in [4.69, 9.17) is 5.73 Å². The molecule has 2 atom stereocenters. The van der Waals surface area contributed by atoms with E-state index in [1.807, 2.05) is 0 Å². The summed E-state index contributed by atoms with van der Waals surface area (Å²) in [5.41, 5.74) is 9.51. The summed E-state index contributed by atoms with van der Waals surface area (Å²) in [5.74, 6) is 1.47. The van der Waals surface area contributed by atoms with Gasteiger partial charge in [-0.05, 0) is 48.6 Å². The summed E-state index contributed by atoms with van der Waals surface area (Å²) in [7, 11) is 0. The minimum absolute atomic E-state index is 0.0319. The number of hydrogen-bond donors (Lipinski definition) is 1. The summed E-state index contributed by atoms with van der Waals surface area (Å²) >= 11 is 0. The Morgan fingerprint density at radius 2 is 1.84 bits per heavy atom. The Hall–Kier alpha value is -0.820. The van der Waals surface area contributed by atoms with Crippen molar-refractivity contribution in [2.24, 2.45) is 11.7 Å². The fraction of sp³-hybridized carbons (Fsp3) is 0.667. The Kier molecular flexibility index (Phi) is 4.67. The van der Waals surface area contributed by atoms with Gasteiger partial charge in [0, 0.05) is 5.54 Å². The first kappa shape index (κ1) is 14.6. The predicted octanol–water partition coefficient (Wildman–Crippen LogP) is 4.65. The van der Waals surface area contributed by atoms with Gasteiger partial charge in [0.15, 0.2) is 0 Å². The lowest BCUT2D eigenvalue weighted by molar-refractivity contribution is 0.363. The highest BCUT2D eigenvalue weighted by Crippen LogP contribution is 2.31. The lowest BCUT2D eigenvalue weighted by Gasteiger charge is -2.28. The van der Waals surface area contributed by atoms with Crippen LogP contribution in [0.15, 0.2) is 24.3 Å². The maximum Gasteiger partial charge on any atom is 0.0195 e. The molecule has 1 heteroatoms. The van der Waals surface area contributed by atoms with Gasteiger partial charge in [0.1, 0.15) is 0 Å². The second kappa shape index (κ2) is 6.09. The third-order valence-electron chi connectivity index (χ3n) is 4.71. The molecule has 1 fully saturated rings. The van der Waals surface area contributed by atoms with Crippen molar-refractivity contribution in [3.8, 4) is 0 Å². The van der Waals surface area contributed by atoms with E-state index in [1.54, 1.807) is 0 Å². The summed E-state index contributed by atoms with van der Waals surface area (Å²) in [6.45, 7) is 6.85. The van der Waals surface area contributed by atoms with Crippen LogP contribution in [0.1, 0.15) is 69.9 Å². The highest BCUT2D eigenvalue weighted by molar-refractivity contribution is 5.26. The third kappa shape index (κ3) is 4.07. The average molecular weight is 259 g/mol. The lowest BCUT2D eigenvalue weighted by Crippen LogP contribution is -2.41. The van der Waals surface area contributed by atoms with E-state index in [0.717, 1.165) is 12.3 Å². The molecule has 0 amide bonds. The first-order valence-electron chi connectivity index (χ1n) is 7.86. The molecule has 2 N–H and O–H groups in total. The van der Waals surface area contributed by atoms with Crippen LogP contribution in [-0.4, -0.2) is 5.54 Å². The molecule has 1 aliphatic rings. The molecular formula is C18H29N. The van der Waals surface area contributed by atoms with Crippen LogP contribution in [0.2, 0.25) is 0 Å². The first-order valence-corrected chi connectivity index (χ1v) is 7.86. The molecule has 1 aromatic carbocycles. The van der Waals surface area contributed by atoms with Crippen molar-refractivity contribution >= 4 is 0 Å². The number of benzene rings is 1. The molecule has 1 nitrogen and oxygen atoms in total. The highest BCUT2D eigenvalue weighted by atomic mass is 14.7. The van der Waals surface area contributed by atoms with E-state index in [9.17, 15) is 0 Å². The molecular weight excluding hydrogens is 230 g/mol. The third-order valence-corrected chi connectivity index (χ3v) is 4.71. The molecule has 0 spiro atoms. The summed E-state index contributed by atoms with van der Waals surface area (Å²) < 4.78 is 0. The van der Waals surface area contributed by atoms with Crippen molar-refractivity contribution in [3.05, 3.63) is 35.4 Å².